The average Bonchev–Trinajstić information content (AvgIpc) is 2.54. The fourth-order valence-electron chi connectivity index (χ4n) is 2.64. The molecule has 6 heteroatoms. The number of fused-ring (bicyclic) bond motifs is 1. The van der Waals surface area contributed by atoms with Crippen molar-refractivity contribution in [2.45, 2.75) is 24.8 Å². The number of benzene rings is 1. The molecule has 5 nitrogen and oxygen atoms in total. The van der Waals surface area contributed by atoms with E-state index >= 15 is 0 Å². The molecule has 1 atom stereocenters. The van der Waals surface area contributed by atoms with Gasteiger partial charge in [-0.1, -0.05) is 6.07 Å². The van der Waals surface area contributed by atoms with Gasteiger partial charge < -0.3 is 11.1 Å². The highest BCUT2D eigenvalue weighted by molar-refractivity contribution is 6.07. The Hall–Kier alpha value is -1.75. The number of amides is 3. The predicted octanol–water partition coefficient (Wildman–Crippen LogP) is 0.757. The largest absolute Gasteiger partial charge is 0.399 e. The molecule has 3 amide bonds. The van der Waals surface area contributed by atoms with Crippen LogP contribution in [0.15, 0.2) is 18.2 Å². The molecule has 3 rings (SSSR count). The fraction of sp³-hybridized carbons (Fsp3) is 0.333. The molecule has 1 aliphatic heterocycles. The predicted molar refractivity (Wildman–Crippen MR) is 69.5 cm³/mol. The molecule has 4 N–H and O–H groups in total. The van der Waals surface area contributed by atoms with Gasteiger partial charge >= 0.3 is 6.03 Å². The highest BCUT2D eigenvalue weighted by Gasteiger charge is 2.47. The van der Waals surface area contributed by atoms with Gasteiger partial charge in [-0.3, -0.25) is 10.1 Å². The third-order valence-corrected chi connectivity index (χ3v) is 3.56. The first-order chi connectivity index (χ1) is 8.09. The Kier molecular flexibility index (Phi) is 2.94. The van der Waals surface area contributed by atoms with E-state index in [1.807, 2.05) is 18.2 Å². The van der Waals surface area contributed by atoms with Crippen LogP contribution in [-0.4, -0.2) is 17.5 Å². The summed E-state index contributed by atoms with van der Waals surface area (Å²) in [7, 11) is 0. The van der Waals surface area contributed by atoms with Crippen molar-refractivity contribution in [1.82, 2.24) is 10.6 Å². The molecule has 18 heavy (non-hydrogen) atoms. The van der Waals surface area contributed by atoms with E-state index in [0.29, 0.717) is 12.8 Å². The minimum Gasteiger partial charge on any atom is -0.399 e. The van der Waals surface area contributed by atoms with E-state index in [0.717, 1.165) is 17.7 Å². The molecule has 1 unspecified atom stereocenters. The van der Waals surface area contributed by atoms with Crippen LogP contribution in [0.5, 0.6) is 0 Å². The average molecular weight is 268 g/mol. The number of halogens is 1. The van der Waals surface area contributed by atoms with Crippen LogP contribution < -0.4 is 16.4 Å². The molecule has 0 saturated carbocycles. The number of carbonyl (C=O) groups is 2. The molecular formula is C12H14ClN3O2. The fourth-order valence-corrected chi connectivity index (χ4v) is 2.64. The molecule has 1 saturated heterocycles. The normalized spacial score (nSPS) is 25.1. The number of nitrogens with two attached hydrogens (primary N) is 1. The summed E-state index contributed by atoms with van der Waals surface area (Å²) >= 11 is 0. The van der Waals surface area contributed by atoms with Crippen LogP contribution in [0.3, 0.4) is 0 Å². The first-order valence-corrected chi connectivity index (χ1v) is 5.60. The molecule has 2 aliphatic rings. The summed E-state index contributed by atoms with van der Waals surface area (Å²) < 4.78 is 0. The Bertz CT molecular complexity index is 532. The van der Waals surface area contributed by atoms with Gasteiger partial charge in [0.15, 0.2) is 0 Å². The second kappa shape index (κ2) is 4.17. The van der Waals surface area contributed by atoms with Gasteiger partial charge in [0.25, 0.3) is 5.91 Å². The number of nitrogen functional groups attached to an aromatic ring is 1. The molecule has 0 aromatic heterocycles. The Morgan fingerprint density at radius 1 is 1.22 bits per heavy atom. The summed E-state index contributed by atoms with van der Waals surface area (Å²) in [4.78, 5) is 23.0. The van der Waals surface area contributed by atoms with Crippen LogP contribution in [0.4, 0.5) is 10.5 Å². The minimum absolute atomic E-state index is 0. The third-order valence-electron chi connectivity index (χ3n) is 3.56. The van der Waals surface area contributed by atoms with Gasteiger partial charge in [0.1, 0.15) is 5.54 Å². The number of anilines is 1. The second-order valence-electron chi connectivity index (χ2n) is 4.70. The lowest BCUT2D eigenvalue weighted by Gasteiger charge is -2.31. The third kappa shape index (κ3) is 1.80. The van der Waals surface area contributed by atoms with Crippen molar-refractivity contribution in [3.63, 3.8) is 0 Å². The van der Waals surface area contributed by atoms with Crippen LogP contribution >= 0.6 is 12.4 Å². The number of carbonyl (C=O) groups excluding carboxylic acids is 2. The van der Waals surface area contributed by atoms with E-state index in [1.54, 1.807) is 0 Å². The van der Waals surface area contributed by atoms with Gasteiger partial charge in [-0.15, -0.1) is 12.4 Å². The van der Waals surface area contributed by atoms with E-state index in [2.05, 4.69) is 10.6 Å². The van der Waals surface area contributed by atoms with Gasteiger partial charge in [-0.05, 0) is 36.1 Å². The first kappa shape index (κ1) is 12.7. The lowest BCUT2D eigenvalue weighted by Crippen LogP contribution is -2.51. The molecule has 1 aromatic carbocycles. The van der Waals surface area contributed by atoms with E-state index in [4.69, 9.17) is 5.73 Å². The lowest BCUT2D eigenvalue weighted by molar-refractivity contribution is -0.124. The summed E-state index contributed by atoms with van der Waals surface area (Å²) in [5, 5.41) is 5.05. The van der Waals surface area contributed by atoms with Gasteiger partial charge in [0.05, 0.1) is 0 Å². The topological polar surface area (TPSA) is 84.2 Å². The van der Waals surface area contributed by atoms with Crippen LogP contribution in [0.2, 0.25) is 0 Å². The Morgan fingerprint density at radius 3 is 2.67 bits per heavy atom. The highest BCUT2D eigenvalue weighted by atomic mass is 35.5. The smallest absolute Gasteiger partial charge is 0.322 e. The number of hydrogen-bond donors (Lipinski definition) is 3. The summed E-state index contributed by atoms with van der Waals surface area (Å²) in [5.41, 5.74) is 7.97. The lowest BCUT2D eigenvalue weighted by atomic mass is 9.78. The zero-order chi connectivity index (χ0) is 12.0. The SMILES string of the molecule is Cl.Nc1ccc2c(c1)CCC1(C2)NC(=O)NC1=O. The Labute approximate surface area is 111 Å². The zero-order valence-corrected chi connectivity index (χ0v) is 10.5. The van der Waals surface area contributed by atoms with Crippen molar-refractivity contribution in [3.8, 4) is 0 Å². The van der Waals surface area contributed by atoms with Crippen LogP contribution in [0.25, 0.3) is 0 Å². The standard InChI is InChI=1S/C12H13N3O2.ClH/c13-9-2-1-8-6-12(4-3-7(8)5-9)10(16)14-11(17)15-12;/h1-2,5H,3-4,6,13H2,(H2,14,15,16,17);1H. The van der Waals surface area contributed by atoms with Crippen LogP contribution in [0.1, 0.15) is 17.5 Å². The molecule has 1 spiro atoms. The maximum absolute atomic E-state index is 11.8. The Balaban J connectivity index is 0.00000120. The summed E-state index contributed by atoms with van der Waals surface area (Å²) in [6, 6.07) is 5.31. The van der Waals surface area contributed by atoms with Crippen molar-refractivity contribution < 1.29 is 9.59 Å². The zero-order valence-electron chi connectivity index (χ0n) is 9.66. The summed E-state index contributed by atoms with van der Waals surface area (Å²) in [5.74, 6) is -0.218. The summed E-state index contributed by atoms with van der Waals surface area (Å²) in [6.07, 6.45) is 1.93. The number of hydrogen-bond acceptors (Lipinski definition) is 3. The number of urea groups is 1. The number of imide groups is 1. The summed E-state index contributed by atoms with van der Waals surface area (Å²) in [6.45, 7) is 0. The van der Waals surface area contributed by atoms with Crippen LogP contribution in [-0.2, 0) is 17.6 Å². The van der Waals surface area contributed by atoms with E-state index in [-0.39, 0.29) is 18.3 Å². The van der Waals surface area contributed by atoms with Crippen molar-refractivity contribution in [3.05, 3.63) is 29.3 Å². The van der Waals surface area contributed by atoms with Gasteiger partial charge in [0.2, 0.25) is 0 Å². The van der Waals surface area contributed by atoms with Gasteiger partial charge in [-0.2, -0.15) is 0 Å². The quantitative estimate of drug-likeness (QED) is 0.479. The van der Waals surface area contributed by atoms with E-state index in [1.165, 1.54) is 5.56 Å². The van der Waals surface area contributed by atoms with Crippen molar-refractivity contribution in [1.29, 1.82) is 0 Å². The van der Waals surface area contributed by atoms with Crippen molar-refractivity contribution >= 4 is 30.0 Å². The molecular weight excluding hydrogens is 254 g/mol. The molecule has 1 heterocycles. The minimum atomic E-state index is -0.750. The molecule has 0 radical (unpaired) electrons. The molecule has 1 aliphatic carbocycles. The number of nitrogens with one attached hydrogen (secondary N) is 2. The van der Waals surface area contributed by atoms with E-state index < -0.39 is 11.6 Å². The van der Waals surface area contributed by atoms with Crippen molar-refractivity contribution in [2.24, 2.45) is 0 Å². The molecule has 0 bridgehead atoms. The van der Waals surface area contributed by atoms with Gasteiger partial charge in [0, 0.05) is 12.1 Å². The first-order valence-electron chi connectivity index (χ1n) is 5.60. The highest BCUT2D eigenvalue weighted by Crippen LogP contribution is 2.31. The maximum Gasteiger partial charge on any atom is 0.322 e. The monoisotopic (exact) mass is 267 g/mol. The van der Waals surface area contributed by atoms with Crippen molar-refractivity contribution in [2.75, 3.05) is 5.73 Å². The Morgan fingerprint density at radius 2 is 2.00 bits per heavy atom. The second-order valence-corrected chi connectivity index (χ2v) is 4.70. The molecule has 96 valence electrons. The van der Waals surface area contributed by atoms with Crippen LogP contribution in [0, 0.1) is 0 Å². The van der Waals surface area contributed by atoms with Gasteiger partial charge in [-0.25, -0.2) is 4.79 Å². The van der Waals surface area contributed by atoms with E-state index in [9.17, 15) is 9.59 Å². The maximum atomic E-state index is 11.8. The molecule has 1 fully saturated rings. The number of rotatable bonds is 0. The number of aryl methyl sites for hydroxylation is 1. The molecule has 1 aromatic rings.